The molecule has 0 bridgehead atoms. The summed E-state index contributed by atoms with van der Waals surface area (Å²) in [6, 6.07) is 9.18. The van der Waals surface area contributed by atoms with Crippen LogP contribution < -0.4 is 10.9 Å². The molecule has 0 aromatic carbocycles. The molecule has 0 aliphatic heterocycles. The van der Waals surface area contributed by atoms with E-state index in [0.29, 0.717) is 29.2 Å². The third kappa shape index (κ3) is 3.87. The Bertz CT molecular complexity index is 847. The molecule has 3 rings (SSSR count). The minimum absolute atomic E-state index is 0. The first-order chi connectivity index (χ1) is 11.2. The molecule has 2 N–H and O–H groups in total. The Morgan fingerprint density at radius 2 is 2.12 bits per heavy atom. The first kappa shape index (κ1) is 17.8. The van der Waals surface area contributed by atoms with Gasteiger partial charge in [0, 0.05) is 18.7 Å². The zero-order valence-corrected chi connectivity index (χ0v) is 14.1. The molecular formula is C16H18ClN5O2. The first-order valence-corrected chi connectivity index (χ1v) is 7.32. The fourth-order valence-electron chi connectivity index (χ4n) is 2.14. The molecule has 3 heterocycles. The highest BCUT2D eigenvalue weighted by molar-refractivity contribution is 5.85. The second-order valence-electron chi connectivity index (χ2n) is 5.24. The van der Waals surface area contributed by atoms with Crippen LogP contribution in [0.4, 0.5) is 0 Å². The van der Waals surface area contributed by atoms with Crippen molar-refractivity contribution in [2.75, 3.05) is 7.05 Å². The lowest BCUT2D eigenvalue weighted by Gasteiger charge is -2.04. The maximum atomic E-state index is 12.3. The monoisotopic (exact) mass is 347 g/mol. The lowest BCUT2D eigenvalue weighted by molar-refractivity contribution is 0.418. The molecule has 0 aliphatic rings. The van der Waals surface area contributed by atoms with Gasteiger partial charge in [-0.1, -0.05) is 11.2 Å². The number of aromatic amines is 1. The lowest BCUT2D eigenvalue weighted by atomic mass is 10.2. The van der Waals surface area contributed by atoms with Crippen molar-refractivity contribution >= 4 is 12.4 Å². The van der Waals surface area contributed by atoms with Gasteiger partial charge in [-0.2, -0.15) is 4.98 Å². The molecule has 0 aliphatic carbocycles. The molecule has 0 saturated carbocycles. The van der Waals surface area contributed by atoms with Crippen LogP contribution in [-0.2, 0) is 6.42 Å². The largest absolute Gasteiger partial charge is 0.334 e. The van der Waals surface area contributed by atoms with Gasteiger partial charge in [-0.05, 0) is 38.2 Å². The number of likely N-dealkylation sites (N-methyl/N-ethyl adjacent to an activating group) is 1. The van der Waals surface area contributed by atoms with E-state index >= 15 is 0 Å². The number of hydrogen-bond acceptors (Lipinski definition) is 6. The van der Waals surface area contributed by atoms with Crippen molar-refractivity contribution in [3.63, 3.8) is 0 Å². The van der Waals surface area contributed by atoms with Gasteiger partial charge in [-0.3, -0.25) is 9.78 Å². The predicted octanol–water partition coefficient (Wildman–Crippen LogP) is 2.06. The van der Waals surface area contributed by atoms with Crippen molar-refractivity contribution in [1.82, 2.24) is 25.4 Å². The molecule has 1 atom stereocenters. The number of nitrogens with zero attached hydrogens (tertiary/aromatic N) is 3. The number of halogens is 1. The molecule has 3 aromatic heterocycles. The van der Waals surface area contributed by atoms with E-state index in [0.717, 1.165) is 0 Å². The van der Waals surface area contributed by atoms with Gasteiger partial charge in [0.2, 0.25) is 0 Å². The summed E-state index contributed by atoms with van der Waals surface area (Å²) in [7, 11) is 1.87. The normalized spacial score (nSPS) is 11.8. The van der Waals surface area contributed by atoms with Crippen molar-refractivity contribution in [2.45, 2.75) is 19.4 Å². The van der Waals surface area contributed by atoms with E-state index in [9.17, 15) is 4.79 Å². The molecule has 126 valence electrons. The molecule has 7 nitrogen and oxygen atoms in total. The average molecular weight is 348 g/mol. The van der Waals surface area contributed by atoms with Crippen LogP contribution in [0.2, 0.25) is 0 Å². The third-order valence-corrected chi connectivity index (χ3v) is 3.53. The standard InChI is InChI=1S/C16H17N5O2.ClH/c1-10(17-2)9-14-20-16(23-21-14)11-6-7-13(19-15(11)22)12-5-3-4-8-18-12;/h3-8,10,17H,9H2,1-2H3,(H,19,22);1H. The Kier molecular flexibility index (Phi) is 5.83. The highest BCUT2D eigenvalue weighted by atomic mass is 35.5. The summed E-state index contributed by atoms with van der Waals surface area (Å²) < 4.78 is 5.20. The molecule has 0 spiro atoms. The number of H-pyrrole nitrogens is 1. The smallest absolute Gasteiger partial charge is 0.263 e. The van der Waals surface area contributed by atoms with E-state index < -0.39 is 0 Å². The van der Waals surface area contributed by atoms with Crippen molar-refractivity contribution in [2.24, 2.45) is 0 Å². The minimum Gasteiger partial charge on any atom is -0.334 e. The number of pyridine rings is 2. The quantitative estimate of drug-likeness (QED) is 0.733. The van der Waals surface area contributed by atoms with Crippen LogP contribution in [0.15, 0.2) is 45.8 Å². The second kappa shape index (κ2) is 7.85. The summed E-state index contributed by atoms with van der Waals surface area (Å²) in [5, 5.41) is 7.01. The molecule has 24 heavy (non-hydrogen) atoms. The van der Waals surface area contributed by atoms with Crippen LogP contribution in [0.1, 0.15) is 12.7 Å². The summed E-state index contributed by atoms with van der Waals surface area (Å²) in [6.07, 6.45) is 2.30. The number of hydrogen-bond donors (Lipinski definition) is 2. The van der Waals surface area contributed by atoms with Crippen molar-refractivity contribution < 1.29 is 4.52 Å². The van der Waals surface area contributed by atoms with E-state index in [4.69, 9.17) is 4.52 Å². The molecule has 0 radical (unpaired) electrons. The van der Waals surface area contributed by atoms with Crippen molar-refractivity contribution in [1.29, 1.82) is 0 Å². The molecule has 0 fully saturated rings. The topological polar surface area (TPSA) is 96.7 Å². The summed E-state index contributed by atoms with van der Waals surface area (Å²) >= 11 is 0. The maximum Gasteiger partial charge on any atom is 0.263 e. The van der Waals surface area contributed by atoms with E-state index in [1.54, 1.807) is 18.3 Å². The van der Waals surface area contributed by atoms with Gasteiger partial charge in [0.1, 0.15) is 5.56 Å². The Hall–Kier alpha value is -2.51. The number of nitrogens with one attached hydrogen (secondary N) is 2. The summed E-state index contributed by atoms with van der Waals surface area (Å²) in [4.78, 5) is 23.6. The first-order valence-electron chi connectivity index (χ1n) is 7.32. The van der Waals surface area contributed by atoms with Crippen molar-refractivity contribution in [3.05, 3.63) is 52.7 Å². The third-order valence-electron chi connectivity index (χ3n) is 3.53. The zero-order valence-electron chi connectivity index (χ0n) is 13.3. The van der Waals surface area contributed by atoms with E-state index in [-0.39, 0.29) is 29.9 Å². The molecule has 8 heteroatoms. The zero-order chi connectivity index (χ0) is 16.2. The summed E-state index contributed by atoms with van der Waals surface area (Å²) in [5.41, 5.74) is 1.40. The minimum atomic E-state index is -0.287. The molecule has 0 amide bonds. The molecular weight excluding hydrogens is 330 g/mol. The van der Waals surface area contributed by atoms with Gasteiger partial charge >= 0.3 is 0 Å². The Morgan fingerprint density at radius 3 is 2.79 bits per heavy atom. The van der Waals surface area contributed by atoms with E-state index in [1.807, 2.05) is 32.2 Å². The lowest BCUT2D eigenvalue weighted by Crippen LogP contribution is -2.24. The SMILES string of the molecule is CNC(C)Cc1noc(-c2ccc(-c3ccccn3)[nH]c2=O)n1.Cl. The van der Waals surface area contributed by atoms with Crippen LogP contribution in [0.3, 0.4) is 0 Å². The fourth-order valence-corrected chi connectivity index (χ4v) is 2.14. The van der Waals surface area contributed by atoms with E-state index in [2.05, 4.69) is 25.4 Å². The summed E-state index contributed by atoms with van der Waals surface area (Å²) in [6.45, 7) is 2.02. The maximum absolute atomic E-state index is 12.3. The average Bonchev–Trinajstić information content (AvgIpc) is 3.03. The van der Waals surface area contributed by atoms with Crippen LogP contribution in [0.25, 0.3) is 22.8 Å². The van der Waals surface area contributed by atoms with Gasteiger partial charge in [0.15, 0.2) is 5.82 Å². The molecule has 3 aromatic rings. The highest BCUT2D eigenvalue weighted by Crippen LogP contribution is 2.17. The Labute approximate surface area is 144 Å². The second-order valence-corrected chi connectivity index (χ2v) is 5.24. The van der Waals surface area contributed by atoms with Gasteiger partial charge in [-0.15, -0.1) is 12.4 Å². The van der Waals surface area contributed by atoms with Crippen molar-refractivity contribution in [3.8, 4) is 22.8 Å². The van der Waals surface area contributed by atoms with Gasteiger partial charge < -0.3 is 14.8 Å². The van der Waals surface area contributed by atoms with Crippen LogP contribution >= 0.6 is 12.4 Å². The molecule has 1 unspecified atom stereocenters. The van der Waals surface area contributed by atoms with Crippen LogP contribution in [0.5, 0.6) is 0 Å². The summed E-state index contributed by atoms with van der Waals surface area (Å²) in [5.74, 6) is 0.784. The van der Waals surface area contributed by atoms with Crippen LogP contribution in [0, 0.1) is 0 Å². The fraction of sp³-hybridized carbons (Fsp3) is 0.250. The van der Waals surface area contributed by atoms with Gasteiger partial charge in [0.25, 0.3) is 11.4 Å². The molecule has 0 saturated heterocycles. The van der Waals surface area contributed by atoms with Gasteiger partial charge in [-0.25, -0.2) is 0 Å². The predicted molar refractivity (Wildman–Crippen MR) is 93.1 cm³/mol. The Balaban J connectivity index is 0.00000208. The van der Waals surface area contributed by atoms with E-state index in [1.165, 1.54) is 0 Å². The number of rotatable bonds is 5. The van der Waals surface area contributed by atoms with Crippen LogP contribution in [-0.4, -0.2) is 33.2 Å². The number of aromatic nitrogens is 4. The Morgan fingerprint density at radius 1 is 1.29 bits per heavy atom. The van der Waals surface area contributed by atoms with Gasteiger partial charge in [0.05, 0.1) is 11.4 Å². The highest BCUT2D eigenvalue weighted by Gasteiger charge is 2.14.